The van der Waals surface area contributed by atoms with Gasteiger partial charge in [-0.2, -0.15) is 0 Å². The predicted octanol–water partition coefficient (Wildman–Crippen LogP) is 2.07. The maximum Gasteiger partial charge on any atom is 0.157 e. The second-order valence-corrected chi connectivity index (χ2v) is 3.97. The molecule has 0 aromatic carbocycles. The van der Waals surface area contributed by atoms with Crippen LogP contribution < -0.4 is 0 Å². The van der Waals surface area contributed by atoms with E-state index in [0.29, 0.717) is 0 Å². The highest BCUT2D eigenvalue weighted by atomic mass is 35.5. The zero-order valence-electron chi connectivity index (χ0n) is 2.70. The van der Waals surface area contributed by atoms with Crippen molar-refractivity contribution in [3.63, 3.8) is 0 Å². The fourth-order valence-corrected chi connectivity index (χ4v) is 0. The molecule has 0 amide bonds. The number of halogens is 2. The van der Waals surface area contributed by atoms with Gasteiger partial charge in [0.25, 0.3) is 0 Å². The molecule has 0 bridgehead atoms. The maximum atomic E-state index is 5.16. The maximum absolute atomic E-state index is 5.16. The first kappa shape index (κ1) is 5.93. The predicted molar refractivity (Wildman–Crippen MR) is 29.1 cm³/mol. The van der Waals surface area contributed by atoms with Gasteiger partial charge in [-0.25, -0.2) is 0 Å². The summed E-state index contributed by atoms with van der Waals surface area (Å²) in [4.78, 5) is 0. The molecule has 0 nitrogen and oxygen atoms in total. The van der Waals surface area contributed by atoms with Crippen LogP contribution in [0.3, 0.4) is 0 Å². The average molecular weight is 131 g/mol. The molecule has 3 heteroatoms. The Morgan fingerprint density at radius 3 is 1.60 bits per heavy atom. The number of hydrogen-bond donors (Lipinski definition) is 1. The van der Waals surface area contributed by atoms with Gasteiger partial charge in [-0.05, 0) is 6.92 Å². The molecule has 0 aromatic heterocycles. The molecule has 0 aliphatic carbocycles. The lowest BCUT2D eigenvalue weighted by molar-refractivity contribution is 1.30. The summed E-state index contributed by atoms with van der Waals surface area (Å²) in [5, 5.41) is 0. The second kappa shape index (κ2) is 1.59. The summed E-state index contributed by atoms with van der Waals surface area (Å²) >= 11 is 14.0. The molecule has 0 spiro atoms. The monoisotopic (exact) mass is 130 g/mol. The summed E-state index contributed by atoms with van der Waals surface area (Å²) in [6, 6.07) is 0. The molecule has 0 saturated carbocycles. The zero-order chi connectivity index (χ0) is 4.50. The van der Waals surface area contributed by atoms with Crippen molar-refractivity contribution in [2.45, 2.75) is 10.6 Å². The summed E-state index contributed by atoms with van der Waals surface area (Å²) < 4.78 is -0.861. The highest BCUT2D eigenvalue weighted by Crippen LogP contribution is 2.22. The summed E-state index contributed by atoms with van der Waals surface area (Å²) in [6.45, 7) is 1.58. The highest BCUT2D eigenvalue weighted by Gasteiger charge is 2.04. The Hall–Kier alpha value is 0.930. The van der Waals surface area contributed by atoms with Crippen molar-refractivity contribution in [1.29, 1.82) is 0 Å². The fourth-order valence-electron chi connectivity index (χ4n) is 0. The van der Waals surface area contributed by atoms with Crippen LogP contribution in [0.5, 0.6) is 0 Å². The molecule has 0 fully saturated rings. The van der Waals surface area contributed by atoms with Gasteiger partial charge in [-0.15, -0.1) is 12.6 Å². The van der Waals surface area contributed by atoms with E-state index in [1.807, 2.05) is 0 Å². The van der Waals surface area contributed by atoms with Crippen molar-refractivity contribution in [1.82, 2.24) is 0 Å². The molecule has 0 heterocycles. The topological polar surface area (TPSA) is 0 Å². The van der Waals surface area contributed by atoms with E-state index in [0.717, 1.165) is 0 Å². The molecule has 5 heavy (non-hydrogen) atoms. The van der Waals surface area contributed by atoms with Gasteiger partial charge in [0.15, 0.2) is 3.67 Å². The van der Waals surface area contributed by atoms with Gasteiger partial charge in [-0.1, -0.05) is 23.2 Å². The van der Waals surface area contributed by atoms with Crippen molar-refractivity contribution in [2.24, 2.45) is 0 Å². The average Bonchev–Trinajstić information content (AvgIpc) is 0.722. The summed E-state index contributed by atoms with van der Waals surface area (Å²) in [5.74, 6) is 0. The van der Waals surface area contributed by atoms with Gasteiger partial charge in [0.2, 0.25) is 0 Å². The van der Waals surface area contributed by atoms with E-state index in [1.54, 1.807) is 6.92 Å². The van der Waals surface area contributed by atoms with Crippen LogP contribution in [0.4, 0.5) is 0 Å². The van der Waals surface area contributed by atoms with E-state index >= 15 is 0 Å². The SMILES string of the molecule is CC(S)(Cl)Cl. The quantitative estimate of drug-likeness (QED) is 0.377. The Morgan fingerprint density at radius 2 is 1.60 bits per heavy atom. The van der Waals surface area contributed by atoms with Gasteiger partial charge in [0, 0.05) is 0 Å². The Morgan fingerprint density at radius 1 is 1.60 bits per heavy atom. The van der Waals surface area contributed by atoms with Gasteiger partial charge in [0.1, 0.15) is 0 Å². The van der Waals surface area contributed by atoms with Crippen molar-refractivity contribution in [3.05, 3.63) is 0 Å². The molecule has 0 rings (SSSR count). The second-order valence-electron chi connectivity index (χ2n) is 0.842. The Labute approximate surface area is 46.9 Å². The third-order valence-corrected chi connectivity index (χ3v) is 0. The van der Waals surface area contributed by atoms with Crippen LogP contribution in [-0.4, -0.2) is 3.67 Å². The van der Waals surface area contributed by atoms with Crippen LogP contribution in [0.1, 0.15) is 6.92 Å². The lowest BCUT2D eigenvalue weighted by Gasteiger charge is -1.97. The Kier molecular flexibility index (Phi) is 1.88. The first-order valence-electron chi connectivity index (χ1n) is 1.10. The van der Waals surface area contributed by atoms with Gasteiger partial charge >= 0.3 is 0 Å². The van der Waals surface area contributed by atoms with E-state index in [2.05, 4.69) is 12.6 Å². The zero-order valence-corrected chi connectivity index (χ0v) is 5.11. The van der Waals surface area contributed by atoms with Crippen molar-refractivity contribution >= 4 is 35.8 Å². The minimum atomic E-state index is -0.861. The molecule has 0 saturated heterocycles. The van der Waals surface area contributed by atoms with Gasteiger partial charge in [-0.3, -0.25) is 0 Å². The third-order valence-electron chi connectivity index (χ3n) is 0. The number of rotatable bonds is 0. The molecule has 0 atom stereocenters. The van der Waals surface area contributed by atoms with Crippen LogP contribution >= 0.6 is 35.8 Å². The number of hydrogen-bond acceptors (Lipinski definition) is 1. The number of alkyl halides is 2. The van der Waals surface area contributed by atoms with Gasteiger partial charge < -0.3 is 0 Å². The van der Waals surface area contributed by atoms with Gasteiger partial charge in [0.05, 0.1) is 0 Å². The molecular formula is C2H4Cl2S. The summed E-state index contributed by atoms with van der Waals surface area (Å²) in [6.07, 6.45) is 0. The molecule has 0 radical (unpaired) electrons. The summed E-state index contributed by atoms with van der Waals surface area (Å²) in [5.41, 5.74) is 0. The lowest BCUT2D eigenvalue weighted by atomic mass is 10.9. The molecule has 0 aliphatic heterocycles. The van der Waals surface area contributed by atoms with Crippen LogP contribution in [0.15, 0.2) is 0 Å². The largest absolute Gasteiger partial charge is 0.157 e. The van der Waals surface area contributed by atoms with E-state index in [9.17, 15) is 0 Å². The van der Waals surface area contributed by atoms with Crippen LogP contribution in [0, 0.1) is 0 Å². The van der Waals surface area contributed by atoms with E-state index in [4.69, 9.17) is 23.2 Å². The molecule has 32 valence electrons. The fraction of sp³-hybridized carbons (Fsp3) is 1.00. The van der Waals surface area contributed by atoms with Crippen molar-refractivity contribution in [2.75, 3.05) is 0 Å². The Balaban J connectivity index is 3.02. The van der Waals surface area contributed by atoms with E-state index in [-0.39, 0.29) is 0 Å². The smallest absolute Gasteiger partial charge is 0.141 e. The lowest BCUT2D eigenvalue weighted by Crippen LogP contribution is -1.87. The first-order chi connectivity index (χ1) is 2.00. The summed E-state index contributed by atoms with van der Waals surface area (Å²) in [7, 11) is 0. The highest BCUT2D eigenvalue weighted by molar-refractivity contribution is 7.85. The first-order valence-corrected chi connectivity index (χ1v) is 2.30. The van der Waals surface area contributed by atoms with Crippen LogP contribution in [-0.2, 0) is 0 Å². The van der Waals surface area contributed by atoms with E-state index < -0.39 is 3.67 Å². The van der Waals surface area contributed by atoms with Crippen molar-refractivity contribution in [3.8, 4) is 0 Å². The third kappa shape index (κ3) is 48.9. The molecule has 0 N–H and O–H groups in total. The molecule has 0 unspecified atom stereocenters. The van der Waals surface area contributed by atoms with E-state index in [1.165, 1.54) is 0 Å². The number of thiol groups is 1. The normalized spacial score (nSPS) is 12.0. The molecule has 0 aliphatic rings. The standard InChI is InChI=1S/C2H4Cl2S/c1-2(3,4)5/h5H,1H3. The van der Waals surface area contributed by atoms with Crippen LogP contribution in [0.2, 0.25) is 0 Å². The minimum absolute atomic E-state index is 0.861. The molecular weight excluding hydrogens is 127 g/mol. The minimum Gasteiger partial charge on any atom is -0.141 e. The Bertz CT molecular complexity index is 23.1. The van der Waals surface area contributed by atoms with Crippen molar-refractivity contribution < 1.29 is 0 Å². The van der Waals surface area contributed by atoms with Crippen LogP contribution in [0.25, 0.3) is 0 Å². The molecule has 0 aromatic rings.